The van der Waals surface area contributed by atoms with Crippen LogP contribution in [0.2, 0.25) is 0 Å². The predicted octanol–water partition coefficient (Wildman–Crippen LogP) is 0.941. The van der Waals surface area contributed by atoms with Gasteiger partial charge >= 0.3 is 6.09 Å². The van der Waals surface area contributed by atoms with Crippen LogP contribution in [0.5, 0.6) is 11.5 Å². The predicted molar refractivity (Wildman–Crippen MR) is 78.7 cm³/mol. The van der Waals surface area contributed by atoms with E-state index >= 15 is 0 Å². The minimum absolute atomic E-state index is 0.0754. The number of carbonyl (C=O) groups excluding carboxylic acids is 2. The third-order valence-corrected chi connectivity index (χ3v) is 3.55. The number of phenols is 2. The summed E-state index contributed by atoms with van der Waals surface area (Å²) in [5.74, 6) is -0.523. The highest BCUT2D eigenvalue weighted by atomic mass is 16.6. The number of amides is 2. The highest BCUT2D eigenvalue weighted by Crippen LogP contribution is 2.25. The first kappa shape index (κ1) is 15.9. The first-order valence-electron chi connectivity index (χ1n) is 7.21. The van der Waals surface area contributed by atoms with Crippen molar-refractivity contribution in [2.45, 2.75) is 13.3 Å². The molecule has 0 atom stereocenters. The van der Waals surface area contributed by atoms with E-state index in [0.29, 0.717) is 38.3 Å². The number of aromatic hydroxyl groups is 2. The van der Waals surface area contributed by atoms with Crippen molar-refractivity contribution in [2.75, 3.05) is 32.8 Å². The number of phenolic OH excluding ortho intramolecular Hbond substituents is 2. The van der Waals surface area contributed by atoms with Gasteiger partial charge in [-0.25, -0.2) is 4.79 Å². The Balaban J connectivity index is 1.87. The van der Waals surface area contributed by atoms with Crippen molar-refractivity contribution in [3.8, 4) is 11.5 Å². The van der Waals surface area contributed by atoms with E-state index in [1.54, 1.807) is 22.8 Å². The molecular formula is C15H20N2O5. The molecule has 1 aliphatic rings. The normalized spacial score (nSPS) is 14.8. The molecule has 2 N–H and O–H groups in total. The van der Waals surface area contributed by atoms with Crippen LogP contribution < -0.4 is 0 Å². The number of carbonyl (C=O) groups is 2. The van der Waals surface area contributed by atoms with Crippen LogP contribution in [-0.4, -0.2) is 64.8 Å². The molecular weight excluding hydrogens is 288 g/mol. The van der Waals surface area contributed by atoms with Crippen molar-refractivity contribution in [1.82, 2.24) is 9.80 Å². The van der Waals surface area contributed by atoms with Crippen LogP contribution in [0.15, 0.2) is 18.2 Å². The summed E-state index contributed by atoms with van der Waals surface area (Å²) >= 11 is 0. The van der Waals surface area contributed by atoms with Gasteiger partial charge < -0.3 is 24.7 Å². The molecule has 0 saturated carbocycles. The Bertz CT molecular complexity index is 553. The number of piperazine rings is 1. The molecule has 1 fully saturated rings. The van der Waals surface area contributed by atoms with Crippen LogP contribution in [0.25, 0.3) is 0 Å². The van der Waals surface area contributed by atoms with E-state index < -0.39 is 0 Å². The Morgan fingerprint density at radius 2 is 1.73 bits per heavy atom. The summed E-state index contributed by atoms with van der Waals surface area (Å²) < 4.78 is 4.93. The van der Waals surface area contributed by atoms with E-state index in [1.807, 2.05) is 0 Å². The van der Waals surface area contributed by atoms with E-state index in [-0.39, 0.29) is 29.9 Å². The van der Waals surface area contributed by atoms with E-state index in [0.717, 1.165) is 0 Å². The number of hydrogen-bond donors (Lipinski definition) is 2. The summed E-state index contributed by atoms with van der Waals surface area (Å²) in [6.45, 7) is 3.91. The zero-order chi connectivity index (χ0) is 16.1. The Labute approximate surface area is 128 Å². The van der Waals surface area contributed by atoms with E-state index in [2.05, 4.69) is 0 Å². The number of benzene rings is 1. The molecule has 120 valence electrons. The van der Waals surface area contributed by atoms with Gasteiger partial charge in [-0.15, -0.1) is 0 Å². The smallest absolute Gasteiger partial charge is 0.409 e. The maximum atomic E-state index is 12.2. The van der Waals surface area contributed by atoms with Gasteiger partial charge in [0, 0.05) is 26.2 Å². The molecule has 0 bridgehead atoms. The Kier molecular flexibility index (Phi) is 5.08. The minimum Gasteiger partial charge on any atom is -0.504 e. The van der Waals surface area contributed by atoms with Gasteiger partial charge in [-0.05, 0) is 24.6 Å². The third kappa shape index (κ3) is 3.81. The van der Waals surface area contributed by atoms with Crippen LogP contribution in [0.3, 0.4) is 0 Å². The first-order valence-corrected chi connectivity index (χ1v) is 7.21. The number of nitrogens with zero attached hydrogens (tertiary/aromatic N) is 2. The molecule has 1 heterocycles. The summed E-state index contributed by atoms with van der Waals surface area (Å²) in [4.78, 5) is 27.1. The molecule has 1 aliphatic heterocycles. The van der Waals surface area contributed by atoms with Crippen LogP contribution in [0.4, 0.5) is 4.79 Å². The zero-order valence-electron chi connectivity index (χ0n) is 12.5. The van der Waals surface area contributed by atoms with Crippen LogP contribution in [0.1, 0.15) is 12.5 Å². The second-order valence-corrected chi connectivity index (χ2v) is 5.07. The number of hydrogen-bond acceptors (Lipinski definition) is 5. The second-order valence-electron chi connectivity index (χ2n) is 5.07. The maximum absolute atomic E-state index is 12.2. The molecule has 22 heavy (non-hydrogen) atoms. The lowest BCUT2D eigenvalue weighted by atomic mass is 10.1. The number of ether oxygens (including phenoxy) is 1. The molecule has 0 radical (unpaired) electrons. The van der Waals surface area contributed by atoms with Crippen molar-refractivity contribution >= 4 is 12.0 Å². The highest BCUT2D eigenvalue weighted by molar-refractivity contribution is 5.79. The summed E-state index contributed by atoms with van der Waals surface area (Å²) in [5.41, 5.74) is 0.633. The van der Waals surface area contributed by atoms with E-state index in [9.17, 15) is 19.8 Å². The Morgan fingerprint density at radius 3 is 2.32 bits per heavy atom. The molecule has 7 heteroatoms. The van der Waals surface area contributed by atoms with Gasteiger partial charge in [0.15, 0.2) is 11.5 Å². The molecule has 0 unspecified atom stereocenters. The van der Waals surface area contributed by atoms with Crippen LogP contribution >= 0.6 is 0 Å². The van der Waals surface area contributed by atoms with Gasteiger partial charge in [0.2, 0.25) is 5.91 Å². The number of rotatable bonds is 3. The largest absolute Gasteiger partial charge is 0.504 e. The minimum atomic E-state index is -0.349. The summed E-state index contributed by atoms with van der Waals surface area (Å²) in [6, 6.07) is 4.33. The topological polar surface area (TPSA) is 90.3 Å². The Hall–Kier alpha value is -2.44. The summed E-state index contributed by atoms with van der Waals surface area (Å²) in [6.07, 6.45) is -0.203. The third-order valence-electron chi connectivity index (χ3n) is 3.55. The molecule has 2 amide bonds. The quantitative estimate of drug-likeness (QED) is 0.811. The summed E-state index contributed by atoms with van der Waals surface area (Å²) in [5, 5.41) is 18.7. The fourth-order valence-corrected chi connectivity index (χ4v) is 2.32. The molecule has 1 saturated heterocycles. The van der Waals surface area contributed by atoms with Gasteiger partial charge in [0.25, 0.3) is 0 Å². The fraction of sp³-hybridized carbons (Fsp3) is 0.467. The monoisotopic (exact) mass is 308 g/mol. The molecule has 1 aromatic carbocycles. The summed E-state index contributed by atoms with van der Waals surface area (Å²) in [7, 11) is 0. The van der Waals surface area contributed by atoms with Gasteiger partial charge in [-0.3, -0.25) is 4.79 Å². The molecule has 7 nitrogen and oxygen atoms in total. The van der Waals surface area contributed by atoms with E-state index in [4.69, 9.17) is 4.74 Å². The lowest BCUT2D eigenvalue weighted by Crippen LogP contribution is -2.51. The highest BCUT2D eigenvalue weighted by Gasteiger charge is 2.24. The lowest BCUT2D eigenvalue weighted by molar-refractivity contribution is -0.132. The van der Waals surface area contributed by atoms with Gasteiger partial charge in [-0.2, -0.15) is 0 Å². The molecule has 1 aromatic rings. The van der Waals surface area contributed by atoms with Gasteiger partial charge in [0.1, 0.15) is 0 Å². The Morgan fingerprint density at radius 1 is 1.09 bits per heavy atom. The molecule has 0 aromatic heterocycles. The SMILES string of the molecule is CCOC(=O)N1CCN(C(=O)Cc2ccc(O)c(O)c2)CC1. The van der Waals surface area contributed by atoms with Crippen molar-refractivity contribution < 1.29 is 24.5 Å². The lowest BCUT2D eigenvalue weighted by Gasteiger charge is -2.34. The average Bonchev–Trinajstić information content (AvgIpc) is 2.51. The molecule has 2 rings (SSSR count). The first-order chi connectivity index (χ1) is 10.5. The standard InChI is InChI=1S/C15H20N2O5/c1-2-22-15(21)17-7-5-16(6-8-17)14(20)10-11-3-4-12(18)13(19)9-11/h3-4,9,18-19H,2,5-8,10H2,1H3. The van der Waals surface area contributed by atoms with Crippen molar-refractivity contribution in [3.63, 3.8) is 0 Å². The molecule has 0 spiro atoms. The van der Waals surface area contributed by atoms with E-state index in [1.165, 1.54) is 12.1 Å². The van der Waals surface area contributed by atoms with Crippen molar-refractivity contribution in [3.05, 3.63) is 23.8 Å². The zero-order valence-corrected chi connectivity index (χ0v) is 12.5. The van der Waals surface area contributed by atoms with Gasteiger partial charge in [-0.1, -0.05) is 6.07 Å². The average molecular weight is 308 g/mol. The second kappa shape index (κ2) is 7.02. The van der Waals surface area contributed by atoms with Crippen LogP contribution in [0, 0.1) is 0 Å². The molecule has 0 aliphatic carbocycles. The maximum Gasteiger partial charge on any atom is 0.409 e. The van der Waals surface area contributed by atoms with Crippen molar-refractivity contribution in [1.29, 1.82) is 0 Å². The van der Waals surface area contributed by atoms with Crippen molar-refractivity contribution in [2.24, 2.45) is 0 Å². The van der Waals surface area contributed by atoms with Gasteiger partial charge in [0.05, 0.1) is 13.0 Å². The van der Waals surface area contributed by atoms with Crippen LogP contribution in [-0.2, 0) is 16.0 Å². The fourth-order valence-electron chi connectivity index (χ4n) is 2.32.